The topological polar surface area (TPSA) is 144 Å². The maximum atomic E-state index is 13.1. The van der Waals surface area contributed by atoms with Crippen molar-refractivity contribution >= 4 is 40.4 Å². The highest BCUT2D eigenvalue weighted by Crippen LogP contribution is 2.33. The Kier molecular flexibility index (Phi) is 8.53. The van der Waals surface area contributed by atoms with Crippen LogP contribution in [0.15, 0.2) is 57.1 Å². The number of methoxy groups -OCH3 is 2. The first-order valence-corrected chi connectivity index (χ1v) is 13.1. The second-order valence-corrected chi connectivity index (χ2v) is 9.43. The molecular weight excluding hydrogens is 538 g/mol. The third-order valence-corrected chi connectivity index (χ3v) is 6.90. The molecule has 12 nitrogen and oxygen atoms in total. The number of nitrogens with one attached hydrogen (secondary N) is 1. The number of hydrogen-bond donors (Lipinski definition) is 1. The van der Waals surface area contributed by atoms with Gasteiger partial charge >= 0.3 is 11.7 Å². The quantitative estimate of drug-likeness (QED) is 0.183. The lowest BCUT2D eigenvalue weighted by Gasteiger charge is -2.13. The van der Waals surface area contributed by atoms with Crippen molar-refractivity contribution < 1.29 is 23.8 Å². The summed E-state index contributed by atoms with van der Waals surface area (Å²) in [4.78, 5) is 59.5. The van der Waals surface area contributed by atoms with Gasteiger partial charge in [-0.3, -0.25) is 18.7 Å². The molecule has 0 fully saturated rings. The van der Waals surface area contributed by atoms with Gasteiger partial charge in [0.1, 0.15) is 10.4 Å². The fourth-order valence-corrected chi connectivity index (χ4v) is 4.69. The Balaban J connectivity index is 1.68. The lowest BCUT2D eigenvalue weighted by Crippen LogP contribution is -2.37. The molecule has 0 atom stereocenters. The number of benzene rings is 2. The van der Waals surface area contributed by atoms with Gasteiger partial charge in [-0.2, -0.15) is 0 Å². The van der Waals surface area contributed by atoms with Crippen LogP contribution in [0.25, 0.3) is 22.4 Å². The van der Waals surface area contributed by atoms with Crippen LogP contribution in [0, 0.1) is 0 Å². The Morgan fingerprint density at radius 1 is 0.950 bits per heavy atom. The van der Waals surface area contributed by atoms with E-state index in [2.05, 4.69) is 15.3 Å². The number of aryl methyl sites for hydroxylation is 1. The second-order valence-electron chi connectivity index (χ2n) is 8.46. The van der Waals surface area contributed by atoms with Gasteiger partial charge in [-0.15, -0.1) is 0 Å². The highest BCUT2D eigenvalue weighted by Gasteiger charge is 2.20. The van der Waals surface area contributed by atoms with E-state index in [-0.39, 0.29) is 40.2 Å². The largest absolute Gasteiger partial charge is 0.493 e. The number of esters is 1. The van der Waals surface area contributed by atoms with Gasteiger partial charge in [0, 0.05) is 25.3 Å². The Morgan fingerprint density at radius 3 is 2.30 bits per heavy atom. The van der Waals surface area contributed by atoms with Crippen LogP contribution in [0.5, 0.6) is 11.5 Å². The summed E-state index contributed by atoms with van der Waals surface area (Å²) in [7, 11) is 5.90. The van der Waals surface area contributed by atoms with Crippen molar-refractivity contribution in [3.63, 3.8) is 0 Å². The Bertz CT molecular complexity index is 1710. The summed E-state index contributed by atoms with van der Waals surface area (Å²) in [5.41, 5.74) is 0.413. The van der Waals surface area contributed by atoms with Crippen molar-refractivity contribution in [2.24, 2.45) is 14.1 Å². The molecule has 0 saturated carbocycles. The number of amides is 1. The smallest absolute Gasteiger partial charge is 0.338 e. The lowest BCUT2D eigenvalue weighted by molar-refractivity contribution is -0.113. The van der Waals surface area contributed by atoms with Crippen molar-refractivity contribution in [1.82, 2.24) is 19.1 Å². The maximum Gasteiger partial charge on any atom is 0.338 e. The minimum atomic E-state index is -0.575. The van der Waals surface area contributed by atoms with Crippen LogP contribution >= 0.6 is 11.8 Å². The van der Waals surface area contributed by atoms with Crippen LogP contribution in [0.3, 0.4) is 0 Å². The van der Waals surface area contributed by atoms with Gasteiger partial charge in [0.25, 0.3) is 5.56 Å². The minimum absolute atomic E-state index is 0.0941. The minimum Gasteiger partial charge on any atom is -0.493 e. The van der Waals surface area contributed by atoms with Crippen LogP contribution in [-0.2, 0) is 23.6 Å². The zero-order valence-electron chi connectivity index (χ0n) is 22.5. The molecule has 2 heterocycles. The summed E-state index contributed by atoms with van der Waals surface area (Å²) < 4.78 is 17.9. The van der Waals surface area contributed by atoms with Gasteiger partial charge in [-0.05, 0) is 49.4 Å². The molecular formula is C27H27N5O7S. The molecule has 2 aromatic heterocycles. The number of hydrogen-bond acceptors (Lipinski definition) is 10. The van der Waals surface area contributed by atoms with Crippen molar-refractivity contribution in [3.8, 4) is 22.9 Å². The molecule has 0 aliphatic carbocycles. The van der Waals surface area contributed by atoms with Gasteiger partial charge < -0.3 is 19.5 Å². The van der Waals surface area contributed by atoms with Gasteiger partial charge in [0.2, 0.25) is 5.91 Å². The lowest BCUT2D eigenvalue weighted by atomic mass is 10.2. The molecule has 0 spiro atoms. The third-order valence-electron chi connectivity index (χ3n) is 5.93. The molecule has 0 bridgehead atoms. The SMILES string of the molecule is CCOC(=O)c1ccc(NC(=O)CSc2nc(-c3ccc(OC)c(OC)c3)nc3c2c(=O)n(C)c(=O)n3C)cc1. The molecule has 0 radical (unpaired) electrons. The Hall–Kier alpha value is -4.65. The first-order valence-electron chi connectivity index (χ1n) is 12.1. The number of anilines is 1. The summed E-state index contributed by atoms with van der Waals surface area (Å²) in [5, 5.41) is 3.11. The number of rotatable bonds is 9. The van der Waals surface area contributed by atoms with E-state index in [1.165, 1.54) is 32.9 Å². The number of aromatic nitrogens is 4. The van der Waals surface area contributed by atoms with Crippen molar-refractivity contribution in [3.05, 3.63) is 68.9 Å². The predicted octanol–water partition coefficient (Wildman–Crippen LogP) is 2.62. The fraction of sp³-hybridized carbons (Fsp3) is 0.259. The average Bonchev–Trinajstić information content (AvgIpc) is 2.97. The van der Waals surface area contributed by atoms with Crippen molar-refractivity contribution in [2.75, 3.05) is 31.9 Å². The van der Waals surface area contributed by atoms with Gasteiger partial charge in [-0.1, -0.05) is 11.8 Å². The number of fused-ring (bicyclic) bond motifs is 1. The Labute approximate surface area is 232 Å². The van der Waals surface area contributed by atoms with E-state index < -0.39 is 17.2 Å². The second kappa shape index (κ2) is 12.0. The summed E-state index contributed by atoms with van der Waals surface area (Å²) in [6.07, 6.45) is 0. The maximum absolute atomic E-state index is 13.1. The van der Waals surface area contributed by atoms with E-state index in [1.54, 1.807) is 49.4 Å². The van der Waals surface area contributed by atoms with Crippen LogP contribution in [-0.4, -0.2) is 57.6 Å². The average molecular weight is 566 g/mol. The van der Waals surface area contributed by atoms with Crippen LogP contribution in [0.4, 0.5) is 5.69 Å². The number of thioether (sulfide) groups is 1. The van der Waals surface area contributed by atoms with Crippen LogP contribution in [0.1, 0.15) is 17.3 Å². The molecule has 1 N–H and O–H groups in total. The molecule has 208 valence electrons. The molecule has 0 unspecified atom stereocenters. The van der Waals surface area contributed by atoms with E-state index in [4.69, 9.17) is 14.2 Å². The predicted molar refractivity (Wildman–Crippen MR) is 150 cm³/mol. The first-order chi connectivity index (χ1) is 19.2. The van der Waals surface area contributed by atoms with Crippen molar-refractivity contribution in [2.45, 2.75) is 11.9 Å². The van der Waals surface area contributed by atoms with Crippen molar-refractivity contribution in [1.29, 1.82) is 0 Å². The molecule has 0 aliphatic rings. The van der Waals surface area contributed by atoms with Gasteiger partial charge in [0.15, 0.2) is 23.0 Å². The number of carbonyl (C=O) groups is 2. The van der Waals surface area contributed by atoms with E-state index in [9.17, 15) is 19.2 Å². The molecule has 4 rings (SSSR count). The van der Waals surface area contributed by atoms with Crippen LogP contribution in [0.2, 0.25) is 0 Å². The summed E-state index contributed by atoms with van der Waals surface area (Å²) in [5.74, 6) is 0.277. The Morgan fingerprint density at radius 2 is 1.65 bits per heavy atom. The fourth-order valence-electron chi connectivity index (χ4n) is 3.87. The normalized spacial score (nSPS) is 10.8. The van der Waals surface area contributed by atoms with E-state index in [0.717, 1.165) is 16.3 Å². The molecule has 4 aromatic rings. The highest BCUT2D eigenvalue weighted by atomic mass is 32.2. The molecule has 0 saturated heterocycles. The number of carbonyl (C=O) groups excluding carboxylic acids is 2. The van der Waals surface area contributed by atoms with E-state index in [0.29, 0.717) is 28.3 Å². The summed E-state index contributed by atoms with van der Waals surface area (Å²) >= 11 is 1.03. The molecule has 0 aliphatic heterocycles. The standard InChI is InChI=1S/C27H27N5O7S/c1-6-39-26(35)15-7-10-17(11-8-15)28-20(33)14-40-24-21-23(31(2)27(36)32(3)25(21)34)29-22(30-24)16-9-12-18(37-4)19(13-16)38-5/h7-13H,6,14H2,1-5H3,(H,28,33). The first kappa shape index (κ1) is 28.4. The van der Waals surface area contributed by atoms with E-state index >= 15 is 0 Å². The number of nitrogens with zero attached hydrogens (tertiary/aromatic N) is 4. The molecule has 40 heavy (non-hydrogen) atoms. The highest BCUT2D eigenvalue weighted by molar-refractivity contribution is 8.00. The van der Waals surface area contributed by atoms with Gasteiger partial charge in [-0.25, -0.2) is 19.6 Å². The zero-order chi connectivity index (χ0) is 29.0. The van der Waals surface area contributed by atoms with Gasteiger partial charge in [0.05, 0.1) is 32.1 Å². The summed E-state index contributed by atoms with van der Waals surface area (Å²) in [6, 6.07) is 11.4. The van der Waals surface area contributed by atoms with Crippen LogP contribution < -0.4 is 26.0 Å². The monoisotopic (exact) mass is 565 g/mol. The zero-order valence-corrected chi connectivity index (χ0v) is 23.3. The third kappa shape index (κ3) is 5.69. The summed E-state index contributed by atoms with van der Waals surface area (Å²) in [6.45, 7) is 1.98. The van der Waals surface area contributed by atoms with E-state index in [1.807, 2.05) is 0 Å². The number of ether oxygens (including phenoxy) is 3. The molecule has 13 heteroatoms. The molecule has 1 amide bonds. The molecule has 2 aromatic carbocycles.